The van der Waals surface area contributed by atoms with Gasteiger partial charge in [0.15, 0.2) is 0 Å². The Morgan fingerprint density at radius 2 is 1.12 bits per heavy atom. The van der Waals surface area contributed by atoms with Crippen molar-refractivity contribution in [1.29, 1.82) is 0 Å². The molecule has 2 unspecified atom stereocenters. The Hall–Kier alpha value is -2.64. The molecule has 0 saturated heterocycles. The molecule has 0 spiro atoms. The maximum Gasteiger partial charge on any atom is 0.0797 e. The first-order valence-corrected chi connectivity index (χ1v) is 18.5. The van der Waals surface area contributed by atoms with Crippen molar-refractivity contribution in [2.45, 2.75) is 95.1 Å². The molecule has 0 N–H and O–H groups in total. The van der Waals surface area contributed by atoms with Crippen LogP contribution in [0.4, 0.5) is 0 Å². The molecule has 1 fully saturated rings. The Labute approximate surface area is 245 Å². The third kappa shape index (κ3) is 4.79. The predicted octanol–water partition coefficient (Wildman–Crippen LogP) is 10.1. The van der Waals surface area contributed by atoms with Crippen LogP contribution >= 0.6 is 0 Å². The summed E-state index contributed by atoms with van der Waals surface area (Å²) >= 11 is 0. The maximum atomic E-state index is 2.72. The van der Waals surface area contributed by atoms with Crippen LogP contribution in [0.25, 0.3) is 0 Å². The lowest BCUT2D eigenvalue weighted by atomic mass is 9.51. The molecule has 0 nitrogen and oxygen atoms in total. The Bertz CT molecular complexity index is 1260. The molecule has 40 heavy (non-hydrogen) atoms. The molecule has 5 aliphatic carbocycles. The fraction of sp³-hybridized carbons (Fsp3) is 0.410. The molecule has 5 aliphatic rings. The Balaban J connectivity index is 1.68. The highest BCUT2D eigenvalue weighted by atomic mass is 28.3. The summed E-state index contributed by atoms with van der Waals surface area (Å²) in [4.78, 5) is 0. The van der Waals surface area contributed by atoms with E-state index in [1.54, 1.807) is 33.4 Å². The SMILES string of the molecule is C[SiH](c1ccccc1)C1(C2=CC=CC2)CCCCCCCCC[C](C2=CC=CC2)C1(C1=CC=CC1)C1=CC=CC1. The van der Waals surface area contributed by atoms with Crippen LogP contribution < -0.4 is 5.19 Å². The van der Waals surface area contributed by atoms with Gasteiger partial charge in [0, 0.05) is 16.4 Å². The summed E-state index contributed by atoms with van der Waals surface area (Å²) in [5.74, 6) is 1.77. The van der Waals surface area contributed by atoms with Gasteiger partial charge in [-0.25, -0.2) is 0 Å². The minimum atomic E-state index is -1.57. The van der Waals surface area contributed by atoms with Crippen LogP contribution in [0, 0.1) is 11.3 Å². The molecule has 2 atom stereocenters. The smallest absolute Gasteiger partial charge is 0.0797 e. The molecule has 0 amide bonds. The predicted molar refractivity (Wildman–Crippen MR) is 176 cm³/mol. The quantitative estimate of drug-likeness (QED) is 0.313. The van der Waals surface area contributed by atoms with Crippen molar-refractivity contribution in [3.8, 4) is 0 Å². The average Bonchev–Trinajstić information content (AvgIpc) is 3.82. The van der Waals surface area contributed by atoms with Crippen molar-refractivity contribution in [1.82, 2.24) is 0 Å². The van der Waals surface area contributed by atoms with Gasteiger partial charge in [0.2, 0.25) is 0 Å². The first-order chi connectivity index (χ1) is 19.8. The highest BCUT2D eigenvalue weighted by Crippen LogP contribution is 2.72. The molecule has 0 aromatic heterocycles. The van der Waals surface area contributed by atoms with E-state index in [-0.39, 0.29) is 10.5 Å². The van der Waals surface area contributed by atoms with Crippen molar-refractivity contribution in [2.24, 2.45) is 5.41 Å². The minimum absolute atomic E-state index is 0.0730. The lowest BCUT2D eigenvalue weighted by Crippen LogP contribution is -2.56. The van der Waals surface area contributed by atoms with Crippen LogP contribution in [-0.2, 0) is 0 Å². The molecule has 1 radical (unpaired) electrons. The summed E-state index contributed by atoms with van der Waals surface area (Å²) in [5.41, 5.74) is 6.60. The fourth-order valence-corrected chi connectivity index (χ4v) is 12.9. The highest BCUT2D eigenvalue weighted by molar-refractivity contribution is 6.76. The van der Waals surface area contributed by atoms with Crippen molar-refractivity contribution >= 4 is 14.0 Å². The van der Waals surface area contributed by atoms with Gasteiger partial charge in [-0.2, -0.15) is 0 Å². The van der Waals surface area contributed by atoms with E-state index < -0.39 is 8.80 Å². The van der Waals surface area contributed by atoms with Crippen LogP contribution in [-0.4, -0.2) is 8.80 Å². The van der Waals surface area contributed by atoms with Crippen molar-refractivity contribution in [3.05, 3.63) is 131 Å². The molecule has 1 aromatic carbocycles. The first kappa shape index (κ1) is 27.5. The Kier molecular flexibility index (Phi) is 8.58. The molecule has 207 valence electrons. The van der Waals surface area contributed by atoms with Gasteiger partial charge in [0.25, 0.3) is 0 Å². The third-order valence-electron chi connectivity index (χ3n) is 10.7. The zero-order chi connectivity index (χ0) is 27.3. The van der Waals surface area contributed by atoms with Gasteiger partial charge in [0.05, 0.1) is 8.80 Å². The van der Waals surface area contributed by atoms with Crippen molar-refractivity contribution in [3.63, 3.8) is 0 Å². The minimum Gasteiger partial charge on any atom is -0.0805 e. The maximum absolute atomic E-state index is 2.72. The second kappa shape index (κ2) is 12.5. The first-order valence-electron chi connectivity index (χ1n) is 16.1. The zero-order valence-corrected chi connectivity index (χ0v) is 25.7. The monoisotopic (exact) mass is 543 g/mol. The second-order valence-corrected chi connectivity index (χ2v) is 15.7. The normalized spacial score (nSPS) is 27.6. The number of hydrogen-bond donors (Lipinski definition) is 0. The van der Waals surface area contributed by atoms with Crippen molar-refractivity contribution in [2.75, 3.05) is 0 Å². The largest absolute Gasteiger partial charge is 0.0805 e. The molecule has 6 rings (SSSR count). The molecule has 1 heteroatoms. The van der Waals surface area contributed by atoms with Crippen LogP contribution in [0.3, 0.4) is 0 Å². The van der Waals surface area contributed by atoms with Crippen LogP contribution in [0.2, 0.25) is 11.6 Å². The van der Waals surface area contributed by atoms with E-state index in [1.807, 2.05) is 0 Å². The van der Waals surface area contributed by atoms with Crippen LogP contribution in [0.5, 0.6) is 0 Å². The molecule has 0 bridgehead atoms. The van der Waals surface area contributed by atoms with Gasteiger partial charge >= 0.3 is 0 Å². The Morgan fingerprint density at radius 3 is 1.70 bits per heavy atom. The average molecular weight is 544 g/mol. The lowest BCUT2D eigenvalue weighted by molar-refractivity contribution is 0.282. The van der Waals surface area contributed by atoms with Crippen molar-refractivity contribution < 1.29 is 0 Å². The van der Waals surface area contributed by atoms with E-state index in [2.05, 4.69) is 110 Å². The van der Waals surface area contributed by atoms with E-state index in [0.29, 0.717) is 0 Å². The van der Waals surface area contributed by atoms with Crippen LogP contribution in [0.1, 0.15) is 83.5 Å². The molecular weight excluding hydrogens is 497 g/mol. The number of hydrogen-bond acceptors (Lipinski definition) is 0. The summed E-state index contributed by atoms with van der Waals surface area (Å²) in [6, 6.07) is 11.8. The molecule has 0 heterocycles. The number of benzene rings is 1. The van der Waals surface area contributed by atoms with E-state index in [4.69, 9.17) is 0 Å². The standard InChI is InChI=1S/C39H47Si/c1-40(36-28-8-7-9-29-36)38(33-22-13-14-23-33)31-19-6-4-2-3-5-10-30-37(32-20-11-12-21-32)39(38,34-24-15-16-25-34)35-26-17-18-27-35/h7-9,11-18,20,22,24,26,28-29,40H,2-6,10,19,21,23,25,27,30-31H2,1H3. The number of allylic oxidation sites excluding steroid dienone is 16. The van der Waals surface area contributed by atoms with Gasteiger partial charge in [-0.05, 0) is 38.5 Å². The summed E-state index contributed by atoms with van der Waals surface area (Å²) in [5, 5.41) is 1.73. The molecular formula is C39H47Si. The second-order valence-electron chi connectivity index (χ2n) is 12.6. The van der Waals surface area contributed by atoms with Gasteiger partial charge in [-0.3, -0.25) is 0 Å². The van der Waals surface area contributed by atoms with E-state index in [0.717, 1.165) is 25.7 Å². The lowest BCUT2D eigenvalue weighted by Gasteiger charge is -2.61. The topological polar surface area (TPSA) is 0 Å². The summed E-state index contributed by atoms with van der Waals surface area (Å²) < 4.78 is 0. The highest BCUT2D eigenvalue weighted by Gasteiger charge is 2.63. The summed E-state index contributed by atoms with van der Waals surface area (Å²) in [7, 11) is -1.57. The van der Waals surface area contributed by atoms with E-state index in [9.17, 15) is 0 Å². The van der Waals surface area contributed by atoms with E-state index in [1.165, 1.54) is 57.8 Å². The number of rotatable bonds is 6. The zero-order valence-electron chi connectivity index (χ0n) is 24.6. The summed E-state index contributed by atoms with van der Waals surface area (Å²) in [6.07, 6.45) is 45.8. The van der Waals surface area contributed by atoms with E-state index >= 15 is 0 Å². The van der Waals surface area contributed by atoms with Gasteiger partial charge in [-0.1, -0.05) is 182 Å². The molecule has 1 saturated carbocycles. The van der Waals surface area contributed by atoms with Gasteiger partial charge in [0.1, 0.15) is 0 Å². The van der Waals surface area contributed by atoms with Crippen LogP contribution in [0.15, 0.2) is 126 Å². The third-order valence-corrected chi connectivity index (χ3v) is 14.6. The fourth-order valence-electron chi connectivity index (χ4n) is 8.95. The molecule has 0 aliphatic heterocycles. The van der Waals surface area contributed by atoms with Gasteiger partial charge < -0.3 is 0 Å². The van der Waals surface area contributed by atoms with Gasteiger partial charge in [-0.15, -0.1) is 0 Å². The Morgan fingerprint density at radius 1 is 0.575 bits per heavy atom. The summed E-state index contributed by atoms with van der Waals surface area (Å²) in [6.45, 7) is 2.72. The molecule has 1 aromatic rings.